The van der Waals surface area contributed by atoms with Gasteiger partial charge in [0.15, 0.2) is 11.5 Å². The molecule has 1 saturated heterocycles. The first-order chi connectivity index (χ1) is 12.7. The standard InChI is InChI=1S/C21H27N3O2/c1-25-20-8-18-14-24(15-19(18)9-21(20)26-2)13-17-5-7-23(12-17)11-16-4-3-6-22-10-16/h3-4,6,8-10,17H,5,7,11-15H2,1-2H3. The fourth-order valence-electron chi connectivity index (χ4n) is 4.24. The molecule has 1 aromatic heterocycles. The molecule has 3 heterocycles. The molecule has 0 N–H and O–H groups in total. The average molecular weight is 353 g/mol. The third-order valence-electron chi connectivity index (χ3n) is 5.51. The molecule has 0 bridgehead atoms. The van der Waals surface area contributed by atoms with Gasteiger partial charge in [0, 0.05) is 45.1 Å². The second-order valence-electron chi connectivity index (χ2n) is 7.40. The molecule has 1 unspecified atom stereocenters. The summed E-state index contributed by atoms with van der Waals surface area (Å²) in [7, 11) is 3.40. The number of fused-ring (bicyclic) bond motifs is 1. The van der Waals surface area contributed by atoms with E-state index in [9.17, 15) is 0 Å². The highest BCUT2D eigenvalue weighted by Crippen LogP contribution is 2.35. The van der Waals surface area contributed by atoms with Gasteiger partial charge in [-0.05, 0) is 53.8 Å². The monoisotopic (exact) mass is 353 g/mol. The van der Waals surface area contributed by atoms with Gasteiger partial charge in [-0.1, -0.05) is 6.07 Å². The van der Waals surface area contributed by atoms with Crippen molar-refractivity contribution in [2.75, 3.05) is 33.9 Å². The van der Waals surface area contributed by atoms with Crippen LogP contribution < -0.4 is 9.47 Å². The van der Waals surface area contributed by atoms with Crippen LogP contribution >= 0.6 is 0 Å². The van der Waals surface area contributed by atoms with E-state index in [0.29, 0.717) is 0 Å². The van der Waals surface area contributed by atoms with Gasteiger partial charge in [-0.3, -0.25) is 14.8 Å². The summed E-state index contributed by atoms with van der Waals surface area (Å²) in [5, 5.41) is 0. The van der Waals surface area contributed by atoms with Gasteiger partial charge in [-0.25, -0.2) is 0 Å². The van der Waals surface area contributed by atoms with Crippen LogP contribution in [0.25, 0.3) is 0 Å². The van der Waals surface area contributed by atoms with Gasteiger partial charge in [0.1, 0.15) is 0 Å². The fourth-order valence-corrected chi connectivity index (χ4v) is 4.24. The lowest BCUT2D eigenvalue weighted by molar-refractivity contribution is 0.228. The van der Waals surface area contributed by atoms with Gasteiger partial charge in [-0.2, -0.15) is 0 Å². The molecule has 0 aliphatic carbocycles. The molecule has 1 aromatic carbocycles. The van der Waals surface area contributed by atoms with Crippen LogP contribution in [0.15, 0.2) is 36.7 Å². The minimum absolute atomic E-state index is 0.741. The number of benzene rings is 1. The van der Waals surface area contributed by atoms with Crippen LogP contribution in [0.4, 0.5) is 0 Å². The largest absolute Gasteiger partial charge is 0.493 e. The Hall–Kier alpha value is -2.11. The smallest absolute Gasteiger partial charge is 0.161 e. The second-order valence-corrected chi connectivity index (χ2v) is 7.40. The first-order valence-electron chi connectivity index (χ1n) is 9.32. The van der Waals surface area contributed by atoms with Crippen molar-refractivity contribution in [3.05, 3.63) is 53.3 Å². The van der Waals surface area contributed by atoms with Gasteiger partial charge in [-0.15, -0.1) is 0 Å². The summed E-state index contributed by atoms with van der Waals surface area (Å²) in [4.78, 5) is 9.33. The van der Waals surface area contributed by atoms with Crippen LogP contribution in [0.3, 0.4) is 0 Å². The maximum Gasteiger partial charge on any atom is 0.161 e. The molecule has 0 spiro atoms. The van der Waals surface area contributed by atoms with E-state index in [1.165, 1.54) is 36.2 Å². The Bertz CT molecular complexity index is 717. The van der Waals surface area contributed by atoms with Crippen molar-refractivity contribution >= 4 is 0 Å². The lowest BCUT2D eigenvalue weighted by atomic mass is 10.1. The third-order valence-corrected chi connectivity index (χ3v) is 5.51. The van der Waals surface area contributed by atoms with Gasteiger partial charge < -0.3 is 9.47 Å². The molecule has 0 radical (unpaired) electrons. The lowest BCUT2D eigenvalue weighted by Gasteiger charge is -2.20. The van der Waals surface area contributed by atoms with Crippen LogP contribution in [-0.2, 0) is 19.6 Å². The van der Waals surface area contributed by atoms with Gasteiger partial charge in [0.25, 0.3) is 0 Å². The van der Waals surface area contributed by atoms with Gasteiger partial charge in [0.05, 0.1) is 14.2 Å². The van der Waals surface area contributed by atoms with E-state index in [-0.39, 0.29) is 0 Å². The van der Waals surface area contributed by atoms with Crippen LogP contribution in [-0.4, -0.2) is 48.6 Å². The van der Waals surface area contributed by atoms with E-state index >= 15 is 0 Å². The quantitative estimate of drug-likeness (QED) is 0.798. The highest BCUT2D eigenvalue weighted by atomic mass is 16.5. The summed E-state index contributed by atoms with van der Waals surface area (Å²) in [5.41, 5.74) is 4.04. The maximum absolute atomic E-state index is 5.45. The Morgan fingerprint density at radius 2 is 1.81 bits per heavy atom. The predicted octanol–water partition coefficient (Wildman–Crippen LogP) is 2.94. The summed E-state index contributed by atoms with van der Waals surface area (Å²) in [6.07, 6.45) is 5.09. The number of nitrogens with zero attached hydrogens (tertiary/aromatic N) is 3. The van der Waals surface area contributed by atoms with Crippen molar-refractivity contribution in [1.82, 2.24) is 14.8 Å². The first kappa shape index (κ1) is 17.3. The van der Waals surface area contributed by atoms with Gasteiger partial charge in [0.2, 0.25) is 0 Å². The van der Waals surface area contributed by atoms with Crippen molar-refractivity contribution in [2.45, 2.75) is 26.1 Å². The van der Waals surface area contributed by atoms with Crippen molar-refractivity contribution in [2.24, 2.45) is 5.92 Å². The number of hydrogen-bond acceptors (Lipinski definition) is 5. The van der Waals surface area contributed by atoms with E-state index in [1.54, 1.807) is 14.2 Å². The molecule has 2 aromatic rings. The van der Waals surface area contributed by atoms with Crippen molar-refractivity contribution in [1.29, 1.82) is 0 Å². The summed E-state index contributed by atoms with van der Waals surface area (Å²) >= 11 is 0. The molecule has 2 aliphatic rings. The molecule has 1 atom stereocenters. The Morgan fingerprint density at radius 1 is 1.08 bits per heavy atom. The topological polar surface area (TPSA) is 37.8 Å². The molecule has 0 saturated carbocycles. The number of pyridine rings is 1. The lowest BCUT2D eigenvalue weighted by Crippen LogP contribution is -2.27. The van der Waals surface area contributed by atoms with E-state index in [0.717, 1.165) is 43.6 Å². The van der Waals surface area contributed by atoms with Crippen molar-refractivity contribution < 1.29 is 9.47 Å². The molecule has 5 nitrogen and oxygen atoms in total. The maximum atomic E-state index is 5.45. The van der Waals surface area contributed by atoms with E-state index in [1.807, 2.05) is 18.5 Å². The SMILES string of the molecule is COc1cc2c(cc1OC)CN(CC1CCN(Cc3cccnc3)C1)C2. The molecule has 26 heavy (non-hydrogen) atoms. The number of likely N-dealkylation sites (tertiary alicyclic amines) is 1. The summed E-state index contributed by atoms with van der Waals surface area (Å²) in [6.45, 7) is 6.54. The molecule has 138 valence electrons. The summed E-state index contributed by atoms with van der Waals surface area (Å²) in [6, 6.07) is 8.46. The molecule has 1 fully saturated rings. The highest BCUT2D eigenvalue weighted by molar-refractivity contribution is 5.48. The number of methoxy groups -OCH3 is 2. The molecule has 0 amide bonds. The molecular weight excluding hydrogens is 326 g/mol. The zero-order valence-corrected chi connectivity index (χ0v) is 15.6. The van der Waals surface area contributed by atoms with Crippen LogP contribution in [0, 0.1) is 5.92 Å². The Labute approximate surface area is 155 Å². The zero-order chi connectivity index (χ0) is 17.9. The van der Waals surface area contributed by atoms with E-state index < -0.39 is 0 Å². The Balaban J connectivity index is 1.33. The number of rotatable bonds is 6. The normalized spacial score (nSPS) is 20.3. The minimum Gasteiger partial charge on any atom is -0.493 e. The van der Waals surface area contributed by atoms with E-state index in [4.69, 9.17) is 9.47 Å². The number of aromatic nitrogens is 1. The third kappa shape index (κ3) is 3.69. The minimum atomic E-state index is 0.741. The van der Waals surface area contributed by atoms with Crippen LogP contribution in [0.1, 0.15) is 23.1 Å². The summed E-state index contributed by atoms with van der Waals surface area (Å²) < 4.78 is 10.9. The number of ether oxygens (including phenoxy) is 2. The van der Waals surface area contributed by atoms with E-state index in [2.05, 4.69) is 33.0 Å². The summed E-state index contributed by atoms with van der Waals surface area (Å²) in [5.74, 6) is 2.40. The Kier molecular flexibility index (Phi) is 5.09. The molecule has 4 rings (SSSR count). The van der Waals surface area contributed by atoms with Crippen molar-refractivity contribution in [3.63, 3.8) is 0 Å². The van der Waals surface area contributed by atoms with Crippen LogP contribution in [0.2, 0.25) is 0 Å². The highest BCUT2D eigenvalue weighted by Gasteiger charge is 2.28. The zero-order valence-electron chi connectivity index (χ0n) is 15.6. The molecular formula is C21H27N3O2. The average Bonchev–Trinajstić information content (AvgIpc) is 3.27. The predicted molar refractivity (Wildman–Crippen MR) is 101 cm³/mol. The second kappa shape index (κ2) is 7.64. The van der Waals surface area contributed by atoms with Crippen LogP contribution in [0.5, 0.6) is 11.5 Å². The molecule has 2 aliphatic heterocycles. The Morgan fingerprint density at radius 3 is 2.42 bits per heavy atom. The fraction of sp³-hybridized carbons (Fsp3) is 0.476. The van der Waals surface area contributed by atoms with Crippen molar-refractivity contribution in [3.8, 4) is 11.5 Å². The molecule has 5 heteroatoms. The number of hydrogen-bond donors (Lipinski definition) is 0. The van der Waals surface area contributed by atoms with Gasteiger partial charge >= 0.3 is 0 Å². The first-order valence-corrected chi connectivity index (χ1v) is 9.32.